The Morgan fingerprint density at radius 1 is 1.05 bits per heavy atom. The third-order valence-electron chi connectivity index (χ3n) is 6.84. The first-order valence-electron chi connectivity index (χ1n) is 12.7. The Morgan fingerprint density at radius 2 is 1.70 bits per heavy atom. The van der Waals surface area contributed by atoms with Crippen molar-refractivity contribution in [2.75, 3.05) is 31.1 Å². The van der Waals surface area contributed by atoms with Gasteiger partial charge in [-0.2, -0.15) is 4.39 Å². The number of hydrogen-bond acceptors (Lipinski definition) is 7. The highest BCUT2D eigenvalue weighted by atomic mass is 19.2. The van der Waals surface area contributed by atoms with Gasteiger partial charge in [0.25, 0.3) is 5.91 Å². The molecule has 0 unspecified atom stereocenters. The number of benzene rings is 1. The minimum absolute atomic E-state index is 0.0975. The number of anilines is 1. The van der Waals surface area contributed by atoms with Crippen LogP contribution in [0.1, 0.15) is 56.3 Å². The SMILES string of the molecule is CC(C)[C@H](NC(=O)c1ccc(F)c(F)c1O)C(=O)N1CCC(Oc2cnc(N3CCCCC3)nc2)CC1. The van der Waals surface area contributed by atoms with Crippen LogP contribution in [-0.2, 0) is 4.79 Å². The van der Waals surface area contributed by atoms with Crippen LogP contribution in [0.15, 0.2) is 24.5 Å². The number of rotatable bonds is 7. The number of piperidine rings is 2. The topological polar surface area (TPSA) is 108 Å². The molecule has 11 heteroatoms. The Labute approximate surface area is 214 Å². The largest absolute Gasteiger partial charge is 0.504 e. The first-order valence-corrected chi connectivity index (χ1v) is 12.7. The van der Waals surface area contributed by atoms with Crippen molar-refractivity contribution < 1.29 is 28.2 Å². The standard InChI is InChI=1S/C26H33F2N5O4/c1-16(2)22(31-24(35)19-6-7-20(27)21(28)23(19)34)25(36)32-12-8-17(9-13-32)37-18-14-29-26(30-15-18)33-10-4-3-5-11-33/h6-7,14-17,22,34H,3-5,8-13H2,1-2H3,(H,31,35)/t22-/m0/s1. The normalized spacial score (nSPS) is 17.5. The van der Waals surface area contributed by atoms with Crippen LogP contribution < -0.4 is 15.0 Å². The number of likely N-dealkylation sites (tertiary alicyclic amines) is 1. The zero-order chi connectivity index (χ0) is 26.5. The highest BCUT2D eigenvalue weighted by molar-refractivity contribution is 5.99. The summed E-state index contributed by atoms with van der Waals surface area (Å²) in [5.41, 5.74) is -0.432. The van der Waals surface area contributed by atoms with Gasteiger partial charge >= 0.3 is 0 Å². The van der Waals surface area contributed by atoms with E-state index in [-0.39, 0.29) is 17.9 Å². The molecule has 0 saturated carbocycles. The van der Waals surface area contributed by atoms with Crippen LogP contribution in [0.4, 0.5) is 14.7 Å². The van der Waals surface area contributed by atoms with E-state index in [1.165, 1.54) is 6.42 Å². The van der Waals surface area contributed by atoms with E-state index in [9.17, 15) is 23.5 Å². The molecule has 3 heterocycles. The Morgan fingerprint density at radius 3 is 2.32 bits per heavy atom. The molecule has 0 radical (unpaired) electrons. The number of halogens is 2. The van der Waals surface area contributed by atoms with Crippen molar-refractivity contribution >= 4 is 17.8 Å². The molecule has 37 heavy (non-hydrogen) atoms. The summed E-state index contributed by atoms with van der Waals surface area (Å²) in [4.78, 5) is 38.6. The number of nitrogens with one attached hydrogen (secondary N) is 1. The third kappa shape index (κ3) is 6.26. The number of phenolic OH excluding ortho intramolecular Hbond substituents is 1. The molecule has 1 aromatic carbocycles. The van der Waals surface area contributed by atoms with Crippen LogP contribution in [0.3, 0.4) is 0 Å². The molecule has 2 N–H and O–H groups in total. The third-order valence-corrected chi connectivity index (χ3v) is 6.84. The van der Waals surface area contributed by atoms with Crippen molar-refractivity contribution in [2.24, 2.45) is 5.92 Å². The quantitative estimate of drug-likeness (QED) is 0.580. The Hall–Kier alpha value is -3.50. The van der Waals surface area contributed by atoms with Crippen LogP contribution >= 0.6 is 0 Å². The highest BCUT2D eigenvalue weighted by Crippen LogP contribution is 2.25. The zero-order valence-corrected chi connectivity index (χ0v) is 21.1. The molecule has 1 atom stereocenters. The summed E-state index contributed by atoms with van der Waals surface area (Å²) >= 11 is 0. The number of ether oxygens (including phenoxy) is 1. The fourth-order valence-corrected chi connectivity index (χ4v) is 4.67. The van der Waals surface area contributed by atoms with Crippen LogP contribution in [-0.4, -0.2) is 70.1 Å². The number of carbonyl (C=O) groups is 2. The van der Waals surface area contributed by atoms with Gasteiger partial charge in [0.05, 0.1) is 18.0 Å². The summed E-state index contributed by atoms with van der Waals surface area (Å²) in [6, 6.07) is 0.845. The molecule has 4 rings (SSSR count). The minimum Gasteiger partial charge on any atom is -0.504 e. The smallest absolute Gasteiger partial charge is 0.255 e. The summed E-state index contributed by atoms with van der Waals surface area (Å²) in [5, 5.41) is 12.4. The molecule has 2 aliphatic rings. The lowest BCUT2D eigenvalue weighted by molar-refractivity contribution is -0.136. The van der Waals surface area contributed by atoms with Crippen molar-refractivity contribution in [3.63, 3.8) is 0 Å². The second kappa shape index (κ2) is 11.7. The van der Waals surface area contributed by atoms with Gasteiger partial charge in [-0.1, -0.05) is 13.8 Å². The fourth-order valence-electron chi connectivity index (χ4n) is 4.67. The van der Waals surface area contributed by atoms with Crippen molar-refractivity contribution in [1.82, 2.24) is 20.2 Å². The molecule has 2 aromatic rings. The second-order valence-corrected chi connectivity index (χ2v) is 9.86. The predicted molar refractivity (Wildman–Crippen MR) is 132 cm³/mol. The number of amides is 2. The molecule has 0 bridgehead atoms. The molecule has 2 aliphatic heterocycles. The average Bonchev–Trinajstić information content (AvgIpc) is 2.91. The van der Waals surface area contributed by atoms with Gasteiger partial charge in [0.15, 0.2) is 17.3 Å². The number of nitrogens with zero attached hydrogens (tertiary/aromatic N) is 4. The molecule has 200 valence electrons. The van der Waals surface area contributed by atoms with Gasteiger partial charge in [-0.05, 0) is 37.3 Å². The number of hydrogen-bond donors (Lipinski definition) is 2. The van der Waals surface area contributed by atoms with E-state index in [0.29, 0.717) is 37.6 Å². The molecule has 9 nitrogen and oxygen atoms in total. The fraction of sp³-hybridized carbons (Fsp3) is 0.538. The maximum atomic E-state index is 13.7. The number of carbonyl (C=O) groups excluding carboxylic acids is 2. The number of aromatic nitrogens is 2. The lowest BCUT2D eigenvalue weighted by Crippen LogP contribution is -2.53. The van der Waals surface area contributed by atoms with Crippen LogP contribution in [0.5, 0.6) is 11.5 Å². The summed E-state index contributed by atoms with van der Waals surface area (Å²) in [5.74, 6) is -3.96. The molecule has 2 fully saturated rings. The predicted octanol–water partition coefficient (Wildman–Crippen LogP) is 3.28. The zero-order valence-electron chi connectivity index (χ0n) is 21.1. The van der Waals surface area contributed by atoms with E-state index in [1.54, 1.807) is 31.1 Å². The van der Waals surface area contributed by atoms with Crippen molar-refractivity contribution in [1.29, 1.82) is 0 Å². The lowest BCUT2D eigenvalue weighted by atomic mass is 9.99. The second-order valence-electron chi connectivity index (χ2n) is 9.86. The van der Waals surface area contributed by atoms with Gasteiger partial charge in [0.2, 0.25) is 17.7 Å². The molecule has 2 saturated heterocycles. The van der Waals surface area contributed by atoms with Crippen molar-refractivity contribution in [2.45, 2.75) is 58.1 Å². The van der Waals surface area contributed by atoms with Crippen LogP contribution in [0.2, 0.25) is 0 Å². The average molecular weight is 518 g/mol. The Bertz CT molecular complexity index is 1100. The first kappa shape index (κ1) is 26.6. The maximum Gasteiger partial charge on any atom is 0.255 e. The van der Waals surface area contributed by atoms with Gasteiger partial charge in [0.1, 0.15) is 12.1 Å². The van der Waals surface area contributed by atoms with Gasteiger partial charge in [-0.15, -0.1) is 0 Å². The molecular weight excluding hydrogens is 484 g/mol. The van der Waals surface area contributed by atoms with E-state index in [0.717, 1.165) is 38.1 Å². The molecule has 1 aromatic heterocycles. The van der Waals surface area contributed by atoms with Crippen molar-refractivity contribution in [3.8, 4) is 11.5 Å². The number of phenols is 1. The first-order chi connectivity index (χ1) is 17.7. The van der Waals surface area contributed by atoms with E-state index in [1.807, 2.05) is 0 Å². The van der Waals surface area contributed by atoms with Gasteiger partial charge in [0, 0.05) is 39.0 Å². The molecular formula is C26H33F2N5O4. The summed E-state index contributed by atoms with van der Waals surface area (Å²) < 4.78 is 33.0. The monoisotopic (exact) mass is 517 g/mol. The van der Waals surface area contributed by atoms with Gasteiger partial charge in [-0.3, -0.25) is 9.59 Å². The van der Waals surface area contributed by atoms with Crippen LogP contribution in [0.25, 0.3) is 0 Å². The van der Waals surface area contributed by atoms with Crippen molar-refractivity contribution in [3.05, 3.63) is 41.7 Å². The van der Waals surface area contributed by atoms with Gasteiger partial charge in [-0.25, -0.2) is 14.4 Å². The molecule has 2 amide bonds. The Balaban J connectivity index is 1.31. The van der Waals surface area contributed by atoms with E-state index >= 15 is 0 Å². The Kier molecular flexibility index (Phi) is 8.40. The maximum absolute atomic E-state index is 13.7. The van der Waals surface area contributed by atoms with E-state index in [4.69, 9.17) is 4.74 Å². The minimum atomic E-state index is -1.51. The summed E-state index contributed by atoms with van der Waals surface area (Å²) in [6.45, 7) is 6.35. The summed E-state index contributed by atoms with van der Waals surface area (Å²) in [6.07, 6.45) is 8.01. The summed E-state index contributed by atoms with van der Waals surface area (Å²) in [7, 11) is 0. The molecule has 0 spiro atoms. The highest BCUT2D eigenvalue weighted by Gasteiger charge is 2.33. The number of aromatic hydroxyl groups is 1. The van der Waals surface area contributed by atoms with E-state index in [2.05, 4.69) is 20.2 Å². The lowest BCUT2D eigenvalue weighted by Gasteiger charge is -2.35. The molecule has 0 aliphatic carbocycles. The van der Waals surface area contributed by atoms with E-state index < -0.39 is 34.9 Å². The van der Waals surface area contributed by atoms with Crippen LogP contribution in [0, 0.1) is 17.6 Å². The van der Waals surface area contributed by atoms with Gasteiger partial charge < -0.3 is 25.0 Å².